The first-order chi connectivity index (χ1) is 42.7. The minimum absolute atomic E-state index is 0.000386. The Hall–Kier alpha value is -7.49. The summed E-state index contributed by atoms with van der Waals surface area (Å²) in [6.07, 6.45) is 8.59. The summed E-state index contributed by atoms with van der Waals surface area (Å²) in [5.74, 6) is 0.375. The number of carbonyl (C=O) groups excluding carboxylic acids is 3. The molecule has 5 saturated heterocycles. The van der Waals surface area contributed by atoms with Crippen molar-refractivity contribution in [1.29, 1.82) is 0 Å². The van der Waals surface area contributed by atoms with Crippen molar-refractivity contribution in [2.75, 3.05) is 68.8 Å². The minimum atomic E-state index is -0.809. The number of benzene rings is 3. The van der Waals surface area contributed by atoms with Crippen LogP contribution in [-0.2, 0) is 20.7 Å². The number of likely N-dealkylation sites (tertiary alicyclic amines) is 2. The fraction of sp³-hybridized carbons (Fsp3) is 0.529. The third-order valence-corrected chi connectivity index (χ3v) is 20.1. The number of piperidine rings is 2. The lowest BCUT2D eigenvalue weighted by atomic mass is 9.79. The smallest absolute Gasteiger partial charge is 0.410 e. The molecule has 0 saturated carbocycles. The molecule has 5 fully saturated rings. The first-order valence-corrected chi connectivity index (χ1v) is 32.9. The van der Waals surface area contributed by atoms with Crippen molar-refractivity contribution in [2.45, 2.75) is 161 Å². The van der Waals surface area contributed by atoms with Gasteiger partial charge in [0.05, 0.1) is 45.2 Å². The van der Waals surface area contributed by atoms with Crippen LogP contribution in [0.2, 0.25) is 0 Å². The molecule has 0 spiro atoms. The van der Waals surface area contributed by atoms with Gasteiger partial charge in [0.25, 0.3) is 0 Å². The number of hydrogen-bond acceptors (Lipinski definition) is 17. The number of piperazine rings is 1. The van der Waals surface area contributed by atoms with Gasteiger partial charge in [-0.3, -0.25) is 24.4 Å². The lowest BCUT2D eigenvalue weighted by molar-refractivity contribution is -0.141. The van der Waals surface area contributed by atoms with Crippen molar-refractivity contribution in [3.8, 4) is 33.5 Å². The van der Waals surface area contributed by atoms with Gasteiger partial charge in [-0.2, -0.15) is 9.97 Å². The number of aromatic hydroxyl groups is 1. The molecule has 5 atom stereocenters. The van der Waals surface area contributed by atoms with Crippen LogP contribution in [0.3, 0.4) is 0 Å². The predicted molar refractivity (Wildman–Crippen MR) is 342 cm³/mol. The van der Waals surface area contributed by atoms with E-state index in [0.717, 1.165) is 83.2 Å². The number of aliphatic hydroxyl groups is 1. The van der Waals surface area contributed by atoms with Crippen LogP contribution >= 0.6 is 11.3 Å². The van der Waals surface area contributed by atoms with E-state index in [1.54, 1.807) is 34.6 Å². The summed E-state index contributed by atoms with van der Waals surface area (Å²) in [5, 5.41) is 32.6. The molecular formula is C68H84FN11O8S. The molecule has 89 heavy (non-hydrogen) atoms. The van der Waals surface area contributed by atoms with Gasteiger partial charge >= 0.3 is 12.1 Å². The topological polar surface area (TPSA) is 216 Å². The maximum absolute atomic E-state index is 17.4. The number of aromatic nitrogens is 5. The number of amides is 3. The Morgan fingerprint density at radius 1 is 0.910 bits per heavy atom. The van der Waals surface area contributed by atoms with Crippen molar-refractivity contribution in [1.82, 2.24) is 45.1 Å². The number of fused-ring (bicyclic) bond motifs is 4. The summed E-state index contributed by atoms with van der Waals surface area (Å²) in [6.45, 7) is 20.7. The van der Waals surface area contributed by atoms with Crippen LogP contribution in [0.5, 0.6) is 11.8 Å². The number of anilines is 2. The summed E-state index contributed by atoms with van der Waals surface area (Å²) < 4.78 is 35.6. The lowest BCUT2D eigenvalue weighted by Gasteiger charge is -2.42. The van der Waals surface area contributed by atoms with Gasteiger partial charge < -0.3 is 44.2 Å². The Morgan fingerprint density at radius 2 is 1.65 bits per heavy atom. The number of rotatable bonds is 17. The molecule has 5 aliphatic rings. The maximum atomic E-state index is 17.4. The van der Waals surface area contributed by atoms with Crippen LogP contribution in [0.1, 0.15) is 141 Å². The molecule has 4 aromatic heterocycles. The second-order valence-electron chi connectivity index (χ2n) is 26.7. The lowest BCUT2D eigenvalue weighted by Crippen LogP contribution is -2.57. The van der Waals surface area contributed by atoms with Gasteiger partial charge in [-0.25, -0.2) is 14.2 Å². The van der Waals surface area contributed by atoms with E-state index in [1.165, 1.54) is 0 Å². The molecule has 2 bridgehead atoms. The number of ether oxygens (including phenoxy) is 2. The molecule has 0 radical (unpaired) electrons. The fourth-order valence-corrected chi connectivity index (χ4v) is 15.2. The summed E-state index contributed by atoms with van der Waals surface area (Å²) in [6, 6.07) is 18.1. The number of thiazole rings is 1. The molecule has 21 heteroatoms. The number of nitrogens with zero attached hydrogens (tertiary/aromatic N) is 10. The van der Waals surface area contributed by atoms with Crippen LogP contribution in [0.25, 0.3) is 43.4 Å². The number of phenolic OH excluding ortho intramolecular Hbond substituents is 1. The first-order valence-electron chi connectivity index (χ1n) is 32.0. The summed E-state index contributed by atoms with van der Waals surface area (Å²) >= 11 is 1.61. The average molecular weight is 1230 g/mol. The number of nitrogens with one attached hydrogen (secondary N) is 1. The number of halogens is 1. The van der Waals surface area contributed by atoms with Gasteiger partial charge in [-0.05, 0) is 150 Å². The number of phenols is 1. The van der Waals surface area contributed by atoms with E-state index < -0.39 is 29.0 Å². The van der Waals surface area contributed by atoms with Crippen LogP contribution in [-0.4, -0.2) is 156 Å². The summed E-state index contributed by atoms with van der Waals surface area (Å²) in [7, 11) is 0. The van der Waals surface area contributed by atoms with Gasteiger partial charge in [0, 0.05) is 70.2 Å². The molecule has 19 nitrogen and oxygen atoms in total. The van der Waals surface area contributed by atoms with Gasteiger partial charge in [0.2, 0.25) is 11.8 Å². The molecule has 5 aliphatic heterocycles. The third kappa shape index (κ3) is 13.0. The molecule has 5 unspecified atom stereocenters. The Labute approximate surface area is 524 Å². The minimum Gasteiger partial charge on any atom is -0.508 e. The quantitative estimate of drug-likeness (QED) is 0.0773. The highest BCUT2D eigenvalue weighted by Crippen LogP contribution is 2.42. The number of pyridine rings is 1. The molecule has 3 aromatic carbocycles. The van der Waals surface area contributed by atoms with E-state index in [0.29, 0.717) is 106 Å². The van der Waals surface area contributed by atoms with E-state index in [2.05, 4.69) is 42.3 Å². The van der Waals surface area contributed by atoms with Gasteiger partial charge in [-0.15, -0.1) is 11.3 Å². The highest BCUT2D eigenvalue weighted by atomic mass is 32.1. The SMILES string of the molecule is CCc1cccc2cc(O)cc(-c3ncc4c(N5CC6CCC(C5)N6C(=O)OC(C)(C)C)nc(OCCN5CCC(O)(CC6CCN(c7cc(C(C(=O)N8CCCC8C(=O)NC(C)c8ccc(-c9scnc9C)cc8)C(C)C)on7)CC6)CC5)nc4c3F)c12. The van der Waals surface area contributed by atoms with E-state index in [-0.39, 0.29) is 71.5 Å². The average Bonchev–Trinajstić information content (AvgIpc) is 1.36. The molecule has 3 amide bonds. The molecule has 472 valence electrons. The number of carbonyl (C=O) groups is 3. The maximum Gasteiger partial charge on any atom is 0.410 e. The van der Waals surface area contributed by atoms with E-state index in [4.69, 9.17) is 28.9 Å². The van der Waals surface area contributed by atoms with Crippen LogP contribution < -0.4 is 19.9 Å². The highest BCUT2D eigenvalue weighted by Gasteiger charge is 2.46. The molecule has 7 aromatic rings. The van der Waals surface area contributed by atoms with Crippen LogP contribution in [0.4, 0.5) is 20.8 Å². The van der Waals surface area contributed by atoms with E-state index in [9.17, 15) is 24.6 Å². The molecule has 12 rings (SSSR count). The second-order valence-corrected chi connectivity index (χ2v) is 27.6. The van der Waals surface area contributed by atoms with Crippen molar-refractivity contribution < 1.29 is 43.0 Å². The van der Waals surface area contributed by atoms with Gasteiger partial charge in [0.15, 0.2) is 17.4 Å². The number of aryl methyl sites for hydroxylation is 2. The fourth-order valence-electron chi connectivity index (χ4n) is 14.4. The predicted octanol–water partition coefficient (Wildman–Crippen LogP) is 11.4. The molecule has 9 heterocycles. The zero-order valence-electron chi connectivity index (χ0n) is 52.5. The van der Waals surface area contributed by atoms with Crippen molar-refractivity contribution >= 4 is 62.6 Å². The molecule has 0 aliphatic carbocycles. The second kappa shape index (κ2) is 25.4. The Morgan fingerprint density at radius 3 is 2.34 bits per heavy atom. The molecular weight excluding hydrogens is 1150 g/mol. The van der Waals surface area contributed by atoms with Crippen molar-refractivity contribution in [3.05, 3.63) is 101 Å². The highest BCUT2D eigenvalue weighted by molar-refractivity contribution is 7.13. The van der Waals surface area contributed by atoms with Gasteiger partial charge in [0.1, 0.15) is 46.9 Å². The Bertz CT molecular complexity index is 3710. The third-order valence-electron chi connectivity index (χ3n) is 19.1. The van der Waals surface area contributed by atoms with Crippen molar-refractivity contribution in [2.24, 2.45) is 11.8 Å². The van der Waals surface area contributed by atoms with Crippen LogP contribution in [0.15, 0.2) is 76.9 Å². The summed E-state index contributed by atoms with van der Waals surface area (Å²) in [4.78, 5) is 71.9. The normalized spacial score (nSPS) is 20.6. The Balaban J connectivity index is 0.655. The zero-order chi connectivity index (χ0) is 62.5. The Kier molecular flexibility index (Phi) is 17.6. The van der Waals surface area contributed by atoms with Crippen molar-refractivity contribution in [3.63, 3.8) is 0 Å². The van der Waals surface area contributed by atoms with Crippen LogP contribution in [0, 0.1) is 24.6 Å². The van der Waals surface area contributed by atoms with Gasteiger partial charge in [-0.1, -0.05) is 68.4 Å². The molecule has 3 N–H and O–H groups in total. The summed E-state index contributed by atoms with van der Waals surface area (Å²) in [5.41, 5.74) is 5.05. The zero-order valence-corrected chi connectivity index (χ0v) is 53.3. The standard InChI is InChI=1S/C68H84FN11O8S/c1-9-44-12-10-13-47-32-50(81)33-51(57(44)47)59-58(69)60-52(36-70-59)62(78-37-48-19-20-49(38-78)80(48)66(84)87-67(6,7)8)74-65(73-60)86-31-30-76-28-23-68(85,24-29-76)35-43-21-26-77(27-22-43)55-34-54(88-75-55)56(40(2)3)64(83)79-25-11-14-53(79)63(82)72-41(4)45-15-17-46(18-16-45)61-42(5)71-39-89-61/h10,12-13,15-18,32-34,36,39-41,43,48-49,53,56,81,85H,9,11,14,19-31,35,37-38H2,1-8H3,(H,72,82). The number of hydrogen-bond donors (Lipinski definition) is 3. The monoisotopic (exact) mass is 1230 g/mol. The first kappa shape index (κ1) is 61.7. The van der Waals surface area contributed by atoms with E-state index >= 15 is 4.39 Å². The van der Waals surface area contributed by atoms with E-state index in [1.807, 2.05) is 102 Å². The largest absolute Gasteiger partial charge is 0.508 e.